The van der Waals surface area contributed by atoms with Gasteiger partial charge in [0, 0.05) is 17.2 Å². The number of hydrogen-bond donors (Lipinski definition) is 1. The van der Waals surface area contributed by atoms with E-state index in [1.54, 1.807) is 24.3 Å². The third kappa shape index (κ3) is 4.48. The van der Waals surface area contributed by atoms with Crippen molar-refractivity contribution < 1.29 is 14.8 Å². The molecule has 4 rings (SSSR count). The number of non-ortho nitro benzene ring substituents is 1. The second kappa shape index (κ2) is 8.85. The number of nitrogens with zero attached hydrogens (tertiary/aromatic N) is 3. The predicted octanol–water partition coefficient (Wildman–Crippen LogP) is 5.47. The van der Waals surface area contributed by atoms with Gasteiger partial charge in [-0.25, -0.2) is 9.78 Å². The molecule has 0 spiro atoms. The van der Waals surface area contributed by atoms with Crippen LogP contribution in [-0.2, 0) is 0 Å². The SMILES string of the molecule is O=C(O)c1ccc(-n2c(/C=C/c3ccc([N+](=O)[O-])cc3)nc3c(Cl)cc(Cl)cc3c2=O)cc1. The summed E-state index contributed by atoms with van der Waals surface area (Å²) in [5, 5.41) is 20.7. The van der Waals surface area contributed by atoms with E-state index in [-0.39, 0.29) is 38.0 Å². The van der Waals surface area contributed by atoms with Crippen molar-refractivity contribution in [3.63, 3.8) is 0 Å². The predicted molar refractivity (Wildman–Crippen MR) is 126 cm³/mol. The van der Waals surface area contributed by atoms with Gasteiger partial charge in [-0.2, -0.15) is 0 Å². The number of aromatic nitrogens is 2. The zero-order chi connectivity index (χ0) is 23.7. The molecular formula is C23H13Cl2N3O5. The largest absolute Gasteiger partial charge is 0.478 e. The van der Waals surface area contributed by atoms with Crippen LogP contribution in [0.2, 0.25) is 10.0 Å². The molecule has 0 bridgehead atoms. The summed E-state index contributed by atoms with van der Waals surface area (Å²) < 4.78 is 1.31. The highest BCUT2D eigenvalue weighted by molar-refractivity contribution is 6.38. The average molecular weight is 482 g/mol. The normalized spacial score (nSPS) is 11.2. The number of carboxylic acids is 1. The summed E-state index contributed by atoms with van der Waals surface area (Å²) in [6.45, 7) is 0. The fraction of sp³-hybridized carbons (Fsp3) is 0. The Labute approximate surface area is 196 Å². The quantitative estimate of drug-likeness (QED) is 0.298. The molecular weight excluding hydrogens is 469 g/mol. The molecule has 8 nitrogen and oxygen atoms in total. The van der Waals surface area contributed by atoms with E-state index in [0.717, 1.165) is 0 Å². The molecule has 0 aliphatic heterocycles. The van der Waals surface area contributed by atoms with Gasteiger partial charge in [-0.05, 0) is 60.2 Å². The lowest BCUT2D eigenvalue weighted by molar-refractivity contribution is -0.384. The van der Waals surface area contributed by atoms with Crippen LogP contribution in [0.5, 0.6) is 0 Å². The summed E-state index contributed by atoms with van der Waals surface area (Å²) >= 11 is 12.4. The highest BCUT2D eigenvalue weighted by Crippen LogP contribution is 2.26. The molecule has 0 radical (unpaired) electrons. The lowest BCUT2D eigenvalue weighted by atomic mass is 10.1. The van der Waals surface area contributed by atoms with E-state index in [1.165, 1.54) is 53.1 Å². The van der Waals surface area contributed by atoms with Crippen LogP contribution in [0.4, 0.5) is 5.69 Å². The highest BCUT2D eigenvalue weighted by atomic mass is 35.5. The number of rotatable bonds is 5. The maximum atomic E-state index is 13.4. The lowest BCUT2D eigenvalue weighted by Gasteiger charge is -2.12. The van der Waals surface area contributed by atoms with Gasteiger partial charge in [0.25, 0.3) is 11.2 Å². The smallest absolute Gasteiger partial charge is 0.335 e. The number of carbonyl (C=O) groups is 1. The molecule has 0 saturated carbocycles. The van der Waals surface area contributed by atoms with Gasteiger partial charge >= 0.3 is 5.97 Å². The van der Waals surface area contributed by atoms with Crippen molar-refractivity contribution in [3.8, 4) is 5.69 Å². The molecule has 0 amide bonds. The maximum absolute atomic E-state index is 13.4. The minimum atomic E-state index is -1.10. The van der Waals surface area contributed by atoms with Crippen LogP contribution in [0, 0.1) is 10.1 Å². The van der Waals surface area contributed by atoms with Crippen molar-refractivity contribution in [1.82, 2.24) is 9.55 Å². The molecule has 1 aromatic heterocycles. The standard InChI is InChI=1S/C23H13Cl2N3O5/c24-15-11-18-21(19(25)12-15)26-20(10-3-13-1-6-17(7-2-13)28(32)33)27(22(18)29)16-8-4-14(5-9-16)23(30)31/h1-12H,(H,30,31)/b10-3+. The van der Waals surface area contributed by atoms with Gasteiger partial charge < -0.3 is 5.11 Å². The first-order chi connectivity index (χ1) is 15.7. The molecule has 1 heterocycles. The summed E-state index contributed by atoms with van der Waals surface area (Å²) in [5.41, 5.74) is 0.858. The van der Waals surface area contributed by atoms with E-state index in [2.05, 4.69) is 4.98 Å². The number of fused-ring (bicyclic) bond motifs is 1. The Balaban J connectivity index is 1.91. The van der Waals surface area contributed by atoms with Crippen LogP contribution in [-0.4, -0.2) is 25.6 Å². The topological polar surface area (TPSA) is 115 Å². The highest BCUT2D eigenvalue weighted by Gasteiger charge is 2.15. The van der Waals surface area contributed by atoms with Gasteiger partial charge in [-0.15, -0.1) is 0 Å². The Kier molecular flexibility index (Phi) is 5.95. The molecule has 164 valence electrons. The van der Waals surface area contributed by atoms with Crippen LogP contribution in [0.1, 0.15) is 21.7 Å². The summed E-state index contributed by atoms with van der Waals surface area (Å²) in [4.78, 5) is 39.5. The number of aromatic carboxylic acids is 1. The molecule has 10 heteroatoms. The number of nitro groups is 1. The molecule has 0 fully saturated rings. The fourth-order valence-corrected chi connectivity index (χ4v) is 3.76. The number of carboxylic acid groups (broad SMARTS) is 1. The molecule has 0 aliphatic carbocycles. The van der Waals surface area contributed by atoms with Gasteiger partial charge in [-0.3, -0.25) is 19.5 Å². The Morgan fingerprint density at radius 3 is 2.30 bits per heavy atom. The molecule has 0 saturated heterocycles. The Morgan fingerprint density at radius 2 is 1.70 bits per heavy atom. The number of halogens is 2. The average Bonchev–Trinajstić information content (AvgIpc) is 2.79. The first-order valence-corrected chi connectivity index (χ1v) is 10.2. The molecule has 3 aromatic carbocycles. The number of benzene rings is 3. The Bertz CT molecular complexity index is 1490. The second-order valence-corrected chi connectivity index (χ2v) is 7.77. The minimum absolute atomic E-state index is 0.0462. The molecule has 1 N–H and O–H groups in total. The van der Waals surface area contributed by atoms with Crippen LogP contribution in [0.15, 0.2) is 65.5 Å². The van der Waals surface area contributed by atoms with Crippen LogP contribution in [0.3, 0.4) is 0 Å². The minimum Gasteiger partial charge on any atom is -0.478 e. The van der Waals surface area contributed by atoms with Gasteiger partial charge in [0.2, 0.25) is 0 Å². The Hall–Kier alpha value is -4.01. The summed E-state index contributed by atoms with van der Waals surface area (Å²) in [5.74, 6) is -0.875. The fourth-order valence-electron chi connectivity index (χ4n) is 3.22. The lowest BCUT2D eigenvalue weighted by Crippen LogP contribution is -2.22. The van der Waals surface area contributed by atoms with Crippen molar-refractivity contribution in [1.29, 1.82) is 0 Å². The first kappa shape index (κ1) is 22.2. The van der Waals surface area contributed by atoms with E-state index in [9.17, 15) is 19.7 Å². The molecule has 0 aliphatic rings. The zero-order valence-corrected chi connectivity index (χ0v) is 18.1. The monoisotopic (exact) mass is 481 g/mol. The van der Waals surface area contributed by atoms with Crippen LogP contribution in [0.25, 0.3) is 28.7 Å². The third-order valence-electron chi connectivity index (χ3n) is 4.82. The van der Waals surface area contributed by atoms with E-state index < -0.39 is 16.5 Å². The van der Waals surface area contributed by atoms with Crippen molar-refractivity contribution in [2.75, 3.05) is 0 Å². The van der Waals surface area contributed by atoms with Gasteiger partial charge in [0.05, 0.1) is 32.1 Å². The van der Waals surface area contributed by atoms with E-state index in [4.69, 9.17) is 28.3 Å². The van der Waals surface area contributed by atoms with Crippen molar-refractivity contribution in [2.24, 2.45) is 0 Å². The molecule has 0 atom stereocenters. The first-order valence-electron chi connectivity index (χ1n) is 9.42. The number of hydrogen-bond acceptors (Lipinski definition) is 5. The van der Waals surface area contributed by atoms with Gasteiger partial charge in [-0.1, -0.05) is 29.3 Å². The van der Waals surface area contributed by atoms with Crippen LogP contribution < -0.4 is 5.56 Å². The van der Waals surface area contributed by atoms with E-state index in [1.807, 2.05) is 0 Å². The van der Waals surface area contributed by atoms with Crippen molar-refractivity contribution >= 4 is 57.9 Å². The van der Waals surface area contributed by atoms with Crippen molar-refractivity contribution in [2.45, 2.75) is 0 Å². The Morgan fingerprint density at radius 1 is 1.03 bits per heavy atom. The van der Waals surface area contributed by atoms with Crippen LogP contribution >= 0.6 is 23.2 Å². The van der Waals surface area contributed by atoms with Crippen molar-refractivity contribution in [3.05, 3.63) is 108 Å². The molecule has 33 heavy (non-hydrogen) atoms. The zero-order valence-electron chi connectivity index (χ0n) is 16.6. The van der Waals surface area contributed by atoms with E-state index >= 15 is 0 Å². The number of nitro benzene ring substituents is 1. The van der Waals surface area contributed by atoms with E-state index in [0.29, 0.717) is 11.3 Å². The third-order valence-corrected chi connectivity index (χ3v) is 5.32. The second-order valence-electron chi connectivity index (χ2n) is 6.93. The summed E-state index contributed by atoms with van der Waals surface area (Å²) in [6, 6.07) is 14.5. The maximum Gasteiger partial charge on any atom is 0.335 e. The molecule has 4 aromatic rings. The summed E-state index contributed by atoms with van der Waals surface area (Å²) in [7, 11) is 0. The van der Waals surface area contributed by atoms with Gasteiger partial charge in [0.1, 0.15) is 5.82 Å². The van der Waals surface area contributed by atoms with Gasteiger partial charge in [0.15, 0.2) is 0 Å². The summed E-state index contributed by atoms with van der Waals surface area (Å²) in [6.07, 6.45) is 3.21. The molecule has 0 unspecified atom stereocenters.